The zero-order valence-corrected chi connectivity index (χ0v) is 19.1. The monoisotopic (exact) mass is 446 g/mol. The van der Waals surface area contributed by atoms with Crippen LogP contribution in [0.15, 0.2) is 103 Å². The summed E-state index contributed by atoms with van der Waals surface area (Å²) in [5, 5.41) is 3.08. The molecule has 2 amide bonds. The van der Waals surface area contributed by atoms with Gasteiger partial charge in [0, 0.05) is 18.7 Å². The van der Waals surface area contributed by atoms with Gasteiger partial charge in [-0.2, -0.15) is 0 Å². The second-order valence-electron chi connectivity index (χ2n) is 8.66. The maximum Gasteiger partial charge on any atom is 0.255 e. The van der Waals surface area contributed by atoms with E-state index in [1.54, 1.807) is 4.90 Å². The molecular formula is C30H26N2O2. The molecule has 1 heterocycles. The molecule has 0 aliphatic carbocycles. The standard InChI is InChI=1S/C30H26N2O2/c1-21-10-9-13-23(18-21)20-32-28(29(33)31-19-22-11-3-2-4-12-22)26-16-7-5-14-24(26)25-15-6-8-17-27(25)30(32)34/h2-18,28H,19-20H2,1H3,(H,31,33). The molecule has 4 aromatic rings. The number of amides is 2. The summed E-state index contributed by atoms with van der Waals surface area (Å²) >= 11 is 0. The lowest BCUT2D eigenvalue weighted by atomic mass is 9.93. The SMILES string of the molecule is Cc1cccc(CN2C(=O)c3ccccc3-c3ccccc3C2C(=O)NCc2ccccc2)c1. The van der Waals surface area contributed by atoms with E-state index in [-0.39, 0.29) is 11.8 Å². The van der Waals surface area contributed by atoms with Crippen LogP contribution < -0.4 is 5.32 Å². The molecule has 168 valence electrons. The highest BCUT2D eigenvalue weighted by Gasteiger charge is 2.37. The zero-order valence-electron chi connectivity index (χ0n) is 19.1. The average Bonchev–Trinajstić information content (AvgIpc) is 2.97. The summed E-state index contributed by atoms with van der Waals surface area (Å²) in [4.78, 5) is 29.4. The minimum Gasteiger partial charge on any atom is -0.350 e. The molecular weight excluding hydrogens is 420 g/mol. The van der Waals surface area contributed by atoms with Crippen LogP contribution in [0.5, 0.6) is 0 Å². The number of hydrogen-bond donors (Lipinski definition) is 1. The third kappa shape index (κ3) is 4.23. The van der Waals surface area contributed by atoms with Gasteiger partial charge in [-0.05, 0) is 40.8 Å². The summed E-state index contributed by atoms with van der Waals surface area (Å²) in [6.07, 6.45) is 0. The summed E-state index contributed by atoms with van der Waals surface area (Å²) in [5.74, 6) is -0.335. The molecule has 0 saturated heterocycles. The third-order valence-corrected chi connectivity index (χ3v) is 6.27. The second-order valence-corrected chi connectivity index (χ2v) is 8.66. The molecule has 0 aromatic heterocycles. The number of benzene rings is 4. The molecule has 5 rings (SSSR count). The lowest BCUT2D eigenvalue weighted by Gasteiger charge is -2.30. The van der Waals surface area contributed by atoms with Crippen LogP contribution in [0.25, 0.3) is 11.1 Å². The van der Waals surface area contributed by atoms with Crippen molar-refractivity contribution >= 4 is 11.8 Å². The molecule has 0 radical (unpaired) electrons. The van der Waals surface area contributed by atoms with Crippen molar-refractivity contribution in [3.8, 4) is 11.1 Å². The van der Waals surface area contributed by atoms with Gasteiger partial charge >= 0.3 is 0 Å². The number of carbonyl (C=O) groups is 2. The van der Waals surface area contributed by atoms with E-state index in [4.69, 9.17) is 0 Å². The van der Waals surface area contributed by atoms with Crippen LogP contribution >= 0.6 is 0 Å². The van der Waals surface area contributed by atoms with Crippen molar-refractivity contribution in [1.82, 2.24) is 10.2 Å². The van der Waals surface area contributed by atoms with Crippen molar-refractivity contribution in [3.05, 3.63) is 131 Å². The van der Waals surface area contributed by atoms with E-state index in [2.05, 4.69) is 11.4 Å². The Bertz CT molecular complexity index is 1350. The van der Waals surface area contributed by atoms with E-state index >= 15 is 0 Å². The van der Waals surface area contributed by atoms with Gasteiger partial charge in [0.15, 0.2) is 0 Å². The van der Waals surface area contributed by atoms with Crippen LogP contribution in [0, 0.1) is 6.92 Å². The van der Waals surface area contributed by atoms with Gasteiger partial charge in [-0.15, -0.1) is 0 Å². The Morgan fingerprint density at radius 1 is 0.765 bits per heavy atom. The first-order chi connectivity index (χ1) is 16.6. The van der Waals surface area contributed by atoms with E-state index < -0.39 is 6.04 Å². The van der Waals surface area contributed by atoms with Crippen molar-refractivity contribution < 1.29 is 9.59 Å². The fourth-order valence-electron chi connectivity index (χ4n) is 4.66. The minimum atomic E-state index is -0.750. The smallest absolute Gasteiger partial charge is 0.255 e. The Kier molecular flexibility index (Phi) is 5.96. The quantitative estimate of drug-likeness (QED) is 0.429. The van der Waals surface area contributed by atoms with Gasteiger partial charge in [-0.3, -0.25) is 9.59 Å². The Labute approximate surface area is 199 Å². The Morgan fingerprint density at radius 3 is 2.18 bits per heavy atom. The van der Waals surface area contributed by atoms with E-state index in [0.29, 0.717) is 18.7 Å². The fraction of sp³-hybridized carbons (Fsp3) is 0.133. The Balaban J connectivity index is 1.60. The Morgan fingerprint density at radius 2 is 1.41 bits per heavy atom. The van der Waals surface area contributed by atoms with E-state index in [9.17, 15) is 9.59 Å². The molecule has 34 heavy (non-hydrogen) atoms. The van der Waals surface area contributed by atoms with E-state index in [1.807, 2.05) is 104 Å². The maximum absolute atomic E-state index is 13.9. The zero-order chi connectivity index (χ0) is 23.5. The van der Waals surface area contributed by atoms with Crippen molar-refractivity contribution in [2.24, 2.45) is 0 Å². The second kappa shape index (κ2) is 9.36. The van der Waals surface area contributed by atoms with Gasteiger partial charge in [-0.25, -0.2) is 0 Å². The highest BCUT2D eigenvalue weighted by molar-refractivity contribution is 6.05. The summed E-state index contributed by atoms with van der Waals surface area (Å²) in [6.45, 7) is 2.77. The molecule has 1 N–H and O–H groups in total. The maximum atomic E-state index is 13.9. The minimum absolute atomic E-state index is 0.145. The molecule has 1 aliphatic heterocycles. The van der Waals surface area contributed by atoms with Gasteiger partial charge < -0.3 is 10.2 Å². The van der Waals surface area contributed by atoms with E-state index in [1.165, 1.54) is 0 Å². The predicted molar refractivity (Wildman–Crippen MR) is 134 cm³/mol. The fourth-order valence-corrected chi connectivity index (χ4v) is 4.66. The lowest BCUT2D eigenvalue weighted by molar-refractivity contribution is -0.126. The van der Waals surface area contributed by atoms with Crippen LogP contribution in [0.1, 0.15) is 38.7 Å². The highest BCUT2D eigenvalue weighted by Crippen LogP contribution is 2.39. The number of fused-ring (bicyclic) bond motifs is 3. The molecule has 0 saturated carbocycles. The molecule has 0 fully saturated rings. The van der Waals surface area contributed by atoms with Gasteiger partial charge in [-0.1, -0.05) is 103 Å². The molecule has 1 unspecified atom stereocenters. The van der Waals surface area contributed by atoms with Crippen LogP contribution in [-0.4, -0.2) is 16.7 Å². The highest BCUT2D eigenvalue weighted by atomic mass is 16.2. The van der Waals surface area contributed by atoms with Crippen LogP contribution in [0.2, 0.25) is 0 Å². The Hall–Kier alpha value is -4.18. The molecule has 1 atom stereocenters. The number of nitrogens with one attached hydrogen (secondary N) is 1. The van der Waals surface area contributed by atoms with Crippen molar-refractivity contribution in [3.63, 3.8) is 0 Å². The molecule has 0 spiro atoms. The molecule has 0 bridgehead atoms. The van der Waals surface area contributed by atoms with Gasteiger partial charge in [0.25, 0.3) is 5.91 Å². The topological polar surface area (TPSA) is 49.4 Å². The molecule has 1 aliphatic rings. The number of nitrogens with zero attached hydrogens (tertiary/aromatic N) is 1. The summed E-state index contributed by atoms with van der Waals surface area (Å²) in [6, 6.07) is 32.6. The summed E-state index contributed by atoms with van der Waals surface area (Å²) < 4.78 is 0. The average molecular weight is 447 g/mol. The largest absolute Gasteiger partial charge is 0.350 e. The summed E-state index contributed by atoms with van der Waals surface area (Å²) in [7, 11) is 0. The van der Waals surface area contributed by atoms with Gasteiger partial charge in [0.2, 0.25) is 5.91 Å². The number of rotatable bonds is 5. The predicted octanol–water partition coefficient (Wildman–Crippen LogP) is 5.68. The van der Waals surface area contributed by atoms with Gasteiger partial charge in [0.05, 0.1) is 0 Å². The summed E-state index contributed by atoms with van der Waals surface area (Å²) in [5.41, 5.74) is 6.34. The number of aryl methyl sites for hydroxylation is 1. The molecule has 4 aromatic carbocycles. The van der Waals surface area contributed by atoms with Crippen LogP contribution in [0.3, 0.4) is 0 Å². The third-order valence-electron chi connectivity index (χ3n) is 6.27. The van der Waals surface area contributed by atoms with Crippen molar-refractivity contribution in [2.75, 3.05) is 0 Å². The van der Waals surface area contributed by atoms with E-state index in [0.717, 1.165) is 33.4 Å². The van der Waals surface area contributed by atoms with Crippen LogP contribution in [0.4, 0.5) is 0 Å². The van der Waals surface area contributed by atoms with Crippen molar-refractivity contribution in [2.45, 2.75) is 26.1 Å². The van der Waals surface area contributed by atoms with Crippen LogP contribution in [-0.2, 0) is 17.9 Å². The van der Waals surface area contributed by atoms with Gasteiger partial charge in [0.1, 0.15) is 6.04 Å². The first-order valence-corrected chi connectivity index (χ1v) is 11.5. The normalized spacial score (nSPS) is 14.7. The van der Waals surface area contributed by atoms with Crippen molar-refractivity contribution in [1.29, 1.82) is 0 Å². The molecule has 4 heteroatoms. The first kappa shape index (κ1) is 21.7. The molecule has 4 nitrogen and oxygen atoms in total. The lowest BCUT2D eigenvalue weighted by Crippen LogP contribution is -2.42. The number of hydrogen-bond acceptors (Lipinski definition) is 2. The first-order valence-electron chi connectivity index (χ1n) is 11.5. The number of carbonyl (C=O) groups excluding carboxylic acids is 2.